The standard InChI is InChI=1S/C25H28N8O2/c34-24(32-26-16-22-28-18-10-6-7-11-19(18)29-22)14-4-2-1-3-5-15-25(35)33-27-17-23-30-20-12-8-9-13-21(20)31-23/h6-13,16-17H,1-5,14-15H2,(H,28,29)(H,30,31)(H,32,34)(H,33,35). The highest BCUT2D eigenvalue weighted by Gasteiger charge is 2.03. The number of H-pyrrole nitrogens is 2. The van der Waals surface area contributed by atoms with Crippen molar-refractivity contribution in [2.45, 2.75) is 44.9 Å². The zero-order valence-corrected chi connectivity index (χ0v) is 19.3. The van der Waals surface area contributed by atoms with E-state index in [2.05, 4.69) is 41.0 Å². The Morgan fingerprint density at radius 1 is 0.686 bits per heavy atom. The number of para-hydroxylation sites is 4. The number of imidazole rings is 2. The van der Waals surface area contributed by atoms with E-state index < -0.39 is 0 Å². The van der Waals surface area contributed by atoms with Gasteiger partial charge in [0.05, 0.1) is 34.5 Å². The second-order valence-corrected chi connectivity index (χ2v) is 8.13. The topological polar surface area (TPSA) is 140 Å². The Labute approximate surface area is 202 Å². The summed E-state index contributed by atoms with van der Waals surface area (Å²) in [5, 5.41) is 7.92. The number of hydrogen-bond donors (Lipinski definition) is 4. The smallest absolute Gasteiger partial charge is 0.240 e. The molecule has 4 rings (SSSR count). The van der Waals surface area contributed by atoms with Crippen molar-refractivity contribution >= 4 is 46.3 Å². The first-order valence-electron chi connectivity index (χ1n) is 11.7. The molecule has 0 fully saturated rings. The van der Waals surface area contributed by atoms with Crippen molar-refractivity contribution in [3.8, 4) is 0 Å². The number of carbonyl (C=O) groups excluding carboxylic acids is 2. The van der Waals surface area contributed by atoms with Gasteiger partial charge in [0.15, 0.2) is 11.6 Å². The summed E-state index contributed by atoms with van der Waals surface area (Å²) in [6.07, 6.45) is 8.19. The van der Waals surface area contributed by atoms with Gasteiger partial charge >= 0.3 is 0 Å². The molecule has 35 heavy (non-hydrogen) atoms. The van der Waals surface area contributed by atoms with Crippen molar-refractivity contribution in [1.82, 2.24) is 30.8 Å². The minimum atomic E-state index is -0.126. The number of hydrazone groups is 2. The van der Waals surface area contributed by atoms with Crippen LogP contribution in [0.5, 0.6) is 0 Å². The second-order valence-electron chi connectivity index (χ2n) is 8.13. The number of aromatic amines is 2. The van der Waals surface area contributed by atoms with Crippen molar-refractivity contribution in [3.05, 3.63) is 60.2 Å². The number of aromatic nitrogens is 4. The maximum absolute atomic E-state index is 11.9. The summed E-state index contributed by atoms with van der Waals surface area (Å²) in [5.41, 5.74) is 8.62. The molecule has 0 unspecified atom stereocenters. The number of nitrogens with zero attached hydrogens (tertiary/aromatic N) is 4. The van der Waals surface area contributed by atoms with Gasteiger partial charge in [-0.1, -0.05) is 43.5 Å². The Balaban J connectivity index is 1.02. The zero-order valence-electron chi connectivity index (χ0n) is 19.3. The summed E-state index contributed by atoms with van der Waals surface area (Å²) in [6.45, 7) is 0. The monoisotopic (exact) mass is 472 g/mol. The molecule has 2 heterocycles. The maximum atomic E-state index is 11.9. The van der Waals surface area contributed by atoms with Gasteiger partial charge in [-0.25, -0.2) is 20.8 Å². The van der Waals surface area contributed by atoms with Gasteiger partial charge in [-0.3, -0.25) is 9.59 Å². The van der Waals surface area contributed by atoms with Gasteiger partial charge in [-0.05, 0) is 37.1 Å². The highest BCUT2D eigenvalue weighted by Crippen LogP contribution is 2.10. The summed E-state index contributed by atoms with van der Waals surface area (Å²) in [7, 11) is 0. The number of carbonyl (C=O) groups is 2. The van der Waals surface area contributed by atoms with Crippen LogP contribution >= 0.6 is 0 Å². The Kier molecular flexibility index (Phi) is 8.31. The van der Waals surface area contributed by atoms with Gasteiger partial charge in [-0.15, -0.1) is 0 Å². The van der Waals surface area contributed by atoms with E-state index in [1.165, 1.54) is 12.4 Å². The van der Waals surface area contributed by atoms with Gasteiger partial charge < -0.3 is 9.97 Å². The minimum absolute atomic E-state index is 0.126. The third kappa shape index (κ3) is 7.32. The van der Waals surface area contributed by atoms with Crippen LogP contribution in [0, 0.1) is 0 Å². The predicted octanol–water partition coefficient (Wildman–Crippen LogP) is 3.77. The van der Waals surface area contributed by atoms with E-state index in [-0.39, 0.29) is 11.8 Å². The van der Waals surface area contributed by atoms with Crippen molar-refractivity contribution in [3.63, 3.8) is 0 Å². The molecule has 0 radical (unpaired) electrons. The first kappa shape index (κ1) is 23.8. The van der Waals surface area contributed by atoms with Crippen LogP contribution < -0.4 is 10.9 Å². The van der Waals surface area contributed by atoms with Crippen molar-refractivity contribution in [2.75, 3.05) is 0 Å². The molecular weight excluding hydrogens is 444 g/mol. The molecule has 4 N–H and O–H groups in total. The normalized spacial score (nSPS) is 11.7. The molecule has 0 saturated heterocycles. The van der Waals surface area contributed by atoms with Gasteiger partial charge in [0.2, 0.25) is 11.8 Å². The molecule has 0 spiro atoms. The fourth-order valence-electron chi connectivity index (χ4n) is 3.61. The van der Waals surface area contributed by atoms with Crippen LogP contribution in [0.3, 0.4) is 0 Å². The quantitative estimate of drug-likeness (QED) is 0.141. The van der Waals surface area contributed by atoms with E-state index in [0.717, 1.165) is 54.2 Å². The lowest BCUT2D eigenvalue weighted by Crippen LogP contribution is -2.17. The van der Waals surface area contributed by atoms with Crippen LogP contribution in [0.1, 0.15) is 56.6 Å². The summed E-state index contributed by atoms with van der Waals surface area (Å²) in [5.74, 6) is 0.935. The SMILES string of the molecule is O=C(CCCCCCCC(=O)NN=Cc1nc2ccccc2[nH]1)NN=Cc1nc2ccccc2[nH]1. The zero-order chi connectivity index (χ0) is 24.3. The summed E-state index contributed by atoms with van der Waals surface area (Å²) in [4.78, 5) is 38.8. The van der Waals surface area contributed by atoms with E-state index in [1.807, 2.05) is 48.5 Å². The Hall–Kier alpha value is -4.34. The fourth-order valence-corrected chi connectivity index (χ4v) is 3.61. The van der Waals surface area contributed by atoms with Gasteiger partial charge in [0.25, 0.3) is 0 Å². The fraction of sp³-hybridized carbons (Fsp3) is 0.280. The molecule has 0 aliphatic heterocycles. The number of fused-ring (bicyclic) bond motifs is 2. The highest BCUT2D eigenvalue weighted by atomic mass is 16.2. The number of unbranched alkanes of at least 4 members (excludes halogenated alkanes) is 4. The van der Waals surface area contributed by atoms with E-state index in [4.69, 9.17) is 0 Å². The average Bonchev–Trinajstić information content (AvgIpc) is 3.46. The number of benzene rings is 2. The van der Waals surface area contributed by atoms with Gasteiger partial charge in [-0.2, -0.15) is 10.2 Å². The molecule has 0 atom stereocenters. The first-order chi connectivity index (χ1) is 17.2. The highest BCUT2D eigenvalue weighted by molar-refractivity contribution is 5.86. The summed E-state index contributed by atoms with van der Waals surface area (Å²) < 4.78 is 0. The third-order valence-corrected chi connectivity index (χ3v) is 5.38. The summed E-state index contributed by atoms with van der Waals surface area (Å²) in [6, 6.07) is 15.4. The molecule has 0 saturated carbocycles. The molecule has 180 valence electrons. The maximum Gasteiger partial charge on any atom is 0.240 e. The molecule has 10 heteroatoms. The minimum Gasteiger partial charge on any atom is -0.337 e. The lowest BCUT2D eigenvalue weighted by atomic mass is 10.1. The molecule has 2 aromatic carbocycles. The molecule has 2 amide bonds. The largest absolute Gasteiger partial charge is 0.337 e. The van der Waals surface area contributed by atoms with Crippen LogP contribution in [-0.2, 0) is 9.59 Å². The average molecular weight is 473 g/mol. The van der Waals surface area contributed by atoms with Crippen molar-refractivity contribution < 1.29 is 9.59 Å². The molecule has 0 aliphatic rings. The number of hydrogen-bond acceptors (Lipinski definition) is 6. The van der Waals surface area contributed by atoms with Crippen molar-refractivity contribution in [2.24, 2.45) is 10.2 Å². The van der Waals surface area contributed by atoms with Crippen LogP contribution in [0.15, 0.2) is 58.7 Å². The Morgan fingerprint density at radius 2 is 1.11 bits per heavy atom. The number of nitrogens with one attached hydrogen (secondary N) is 4. The molecule has 2 aromatic heterocycles. The molecular formula is C25H28N8O2. The molecule has 0 aliphatic carbocycles. The van der Waals surface area contributed by atoms with Crippen LogP contribution in [-0.4, -0.2) is 44.2 Å². The molecule has 0 bridgehead atoms. The lowest BCUT2D eigenvalue weighted by molar-refractivity contribution is -0.121. The van der Waals surface area contributed by atoms with E-state index in [0.29, 0.717) is 24.5 Å². The lowest BCUT2D eigenvalue weighted by Gasteiger charge is -2.02. The van der Waals surface area contributed by atoms with E-state index >= 15 is 0 Å². The predicted molar refractivity (Wildman–Crippen MR) is 136 cm³/mol. The Morgan fingerprint density at radius 3 is 1.57 bits per heavy atom. The molecule has 4 aromatic rings. The number of rotatable bonds is 12. The van der Waals surface area contributed by atoms with Gasteiger partial charge in [0.1, 0.15) is 0 Å². The van der Waals surface area contributed by atoms with Crippen LogP contribution in [0.2, 0.25) is 0 Å². The van der Waals surface area contributed by atoms with E-state index in [9.17, 15) is 9.59 Å². The number of amides is 2. The Bertz CT molecular complexity index is 1170. The van der Waals surface area contributed by atoms with Gasteiger partial charge in [0, 0.05) is 12.8 Å². The van der Waals surface area contributed by atoms with Crippen LogP contribution in [0.4, 0.5) is 0 Å². The second kappa shape index (κ2) is 12.2. The first-order valence-corrected chi connectivity index (χ1v) is 11.7. The van der Waals surface area contributed by atoms with E-state index in [1.54, 1.807) is 0 Å². The third-order valence-electron chi connectivity index (χ3n) is 5.38. The molecule has 10 nitrogen and oxygen atoms in total. The summed E-state index contributed by atoms with van der Waals surface area (Å²) >= 11 is 0. The van der Waals surface area contributed by atoms with Crippen molar-refractivity contribution in [1.29, 1.82) is 0 Å². The van der Waals surface area contributed by atoms with Crippen LogP contribution in [0.25, 0.3) is 22.1 Å².